The van der Waals surface area contributed by atoms with Crippen molar-refractivity contribution in [2.45, 2.75) is 57.9 Å². The first-order valence-electron chi connectivity index (χ1n) is 12.7. The highest BCUT2D eigenvalue weighted by atomic mass is 16.2. The van der Waals surface area contributed by atoms with Gasteiger partial charge in [-0.3, -0.25) is 9.59 Å². The van der Waals surface area contributed by atoms with E-state index >= 15 is 0 Å². The molecule has 178 valence electrons. The smallest absolute Gasteiger partial charge is 0.258 e. The van der Waals surface area contributed by atoms with E-state index in [4.69, 9.17) is 0 Å². The predicted molar refractivity (Wildman–Crippen MR) is 139 cm³/mol. The molecule has 2 aromatic carbocycles. The SMILES string of the molecule is CCn1c(=O)cc(C2CCN(C)CC2)c2cc(C(=O)N(C)c3ccc4c(c3)CCCC4)ccc21. The van der Waals surface area contributed by atoms with Gasteiger partial charge in [0.25, 0.3) is 11.5 Å². The van der Waals surface area contributed by atoms with Crippen molar-refractivity contribution in [1.82, 2.24) is 9.47 Å². The Morgan fingerprint density at radius 3 is 2.47 bits per heavy atom. The largest absolute Gasteiger partial charge is 0.311 e. The van der Waals surface area contributed by atoms with Crippen LogP contribution in [0.3, 0.4) is 0 Å². The molecule has 1 amide bonds. The number of benzene rings is 2. The number of nitrogens with zero attached hydrogens (tertiary/aromatic N) is 3. The second-order valence-electron chi connectivity index (χ2n) is 10.0. The summed E-state index contributed by atoms with van der Waals surface area (Å²) < 4.78 is 1.81. The van der Waals surface area contributed by atoms with Gasteiger partial charge in [0.15, 0.2) is 0 Å². The molecule has 5 heteroatoms. The van der Waals surface area contributed by atoms with E-state index in [0.717, 1.165) is 60.9 Å². The van der Waals surface area contributed by atoms with Crippen LogP contribution in [0.25, 0.3) is 10.9 Å². The van der Waals surface area contributed by atoms with Crippen LogP contribution in [-0.4, -0.2) is 42.6 Å². The summed E-state index contributed by atoms with van der Waals surface area (Å²) in [6, 6.07) is 14.1. The van der Waals surface area contributed by atoms with Crippen LogP contribution in [0.1, 0.15) is 65.6 Å². The summed E-state index contributed by atoms with van der Waals surface area (Å²) in [5, 5.41) is 1.04. The highest BCUT2D eigenvalue weighted by Crippen LogP contribution is 2.33. The summed E-state index contributed by atoms with van der Waals surface area (Å²) in [7, 11) is 4.01. The summed E-state index contributed by atoms with van der Waals surface area (Å²) in [6.07, 6.45) is 6.77. The number of amides is 1. The van der Waals surface area contributed by atoms with E-state index in [0.29, 0.717) is 18.0 Å². The molecule has 0 bridgehead atoms. The van der Waals surface area contributed by atoms with Crippen LogP contribution in [0.5, 0.6) is 0 Å². The summed E-state index contributed by atoms with van der Waals surface area (Å²) in [5.74, 6) is 0.336. The summed E-state index contributed by atoms with van der Waals surface area (Å²) >= 11 is 0. The quantitative estimate of drug-likeness (QED) is 0.555. The van der Waals surface area contributed by atoms with E-state index in [1.807, 2.05) is 42.8 Å². The summed E-state index contributed by atoms with van der Waals surface area (Å²) in [5.41, 5.74) is 6.48. The maximum atomic E-state index is 13.6. The van der Waals surface area contributed by atoms with E-state index < -0.39 is 0 Å². The minimum atomic E-state index is -0.0127. The number of hydrogen-bond donors (Lipinski definition) is 0. The normalized spacial score (nSPS) is 17.0. The highest BCUT2D eigenvalue weighted by molar-refractivity contribution is 6.07. The van der Waals surface area contributed by atoms with Gasteiger partial charge in [0, 0.05) is 36.3 Å². The molecule has 1 aliphatic heterocycles. The third-order valence-electron chi connectivity index (χ3n) is 7.89. The Bertz CT molecular complexity index is 1280. The van der Waals surface area contributed by atoms with Crippen molar-refractivity contribution in [3.8, 4) is 0 Å². The van der Waals surface area contributed by atoms with E-state index in [1.165, 1.54) is 24.0 Å². The number of rotatable bonds is 4. The molecule has 1 aromatic heterocycles. The first-order chi connectivity index (χ1) is 16.5. The molecule has 1 aliphatic carbocycles. The first-order valence-corrected chi connectivity index (χ1v) is 12.7. The third kappa shape index (κ3) is 4.18. The molecule has 0 spiro atoms. The molecule has 0 atom stereocenters. The van der Waals surface area contributed by atoms with Crippen LogP contribution in [0.4, 0.5) is 5.69 Å². The maximum absolute atomic E-state index is 13.6. The number of carbonyl (C=O) groups excluding carboxylic acids is 1. The number of aryl methyl sites for hydroxylation is 3. The molecule has 0 unspecified atom stereocenters. The van der Waals surface area contributed by atoms with Crippen LogP contribution in [0.15, 0.2) is 47.3 Å². The standard InChI is InChI=1S/C29H35N3O2/c1-4-32-27-12-10-23(18-26(27)25(19-28(32)33)21-13-15-30(2)16-14-21)29(34)31(3)24-11-9-20-7-5-6-8-22(20)17-24/h9-12,17-19,21H,4-8,13-16H2,1-3H3. The van der Waals surface area contributed by atoms with Gasteiger partial charge in [-0.1, -0.05) is 6.07 Å². The van der Waals surface area contributed by atoms with Gasteiger partial charge in [0.2, 0.25) is 0 Å². The monoisotopic (exact) mass is 457 g/mol. The van der Waals surface area contributed by atoms with Gasteiger partial charge in [-0.2, -0.15) is 0 Å². The predicted octanol–water partition coefficient (Wildman–Crippen LogP) is 4.99. The Hall–Kier alpha value is -2.92. The first kappa shape index (κ1) is 22.9. The van der Waals surface area contributed by atoms with Crippen LogP contribution in [-0.2, 0) is 19.4 Å². The zero-order valence-electron chi connectivity index (χ0n) is 20.6. The average Bonchev–Trinajstić information content (AvgIpc) is 2.87. The Morgan fingerprint density at radius 1 is 1.00 bits per heavy atom. The molecule has 2 heterocycles. The Labute approximate surface area is 202 Å². The number of hydrogen-bond acceptors (Lipinski definition) is 3. The van der Waals surface area contributed by atoms with Crippen LogP contribution < -0.4 is 10.5 Å². The van der Waals surface area contributed by atoms with Crippen molar-refractivity contribution < 1.29 is 4.79 Å². The van der Waals surface area contributed by atoms with Crippen LogP contribution in [0, 0.1) is 0 Å². The lowest BCUT2D eigenvalue weighted by molar-refractivity contribution is 0.0993. The van der Waals surface area contributed by atoms with Crippen molar-refractivity contribution >= 4 is 22.5 Å². The number of fused-ring (bicyclic) bond motifs is 2. The molecule has 5 nitrogen and oxygen atoms in total. The Kier molecular flexibility index (Phi) is 6.30. The number of pyridine rings is 1. The molecule has 5 rings (SSSR count). The molecule has 0 radical (unpaired) electrons. The Balaban J connectivity index is 1.53. The van der Waals surface area contributed by atoms with Crippen LogP contribution >= 0.6 is 0 Å². The lowest BCUT2D eigenvalue weighted by Gasteiger charge is -2.30. The van der Waals surface area contributed by atoms with Gasteiger partial charge in [0.1, 0.15) is 0 Å². The van der Waals surface area contributed by atoms with Gasteiger partial charge in [-0.25, -0.2) is 0 Å². The fourth-order valence-corrected chi connectivity index (χ4v) is 5.77. The minimum absolute atomic E-state index is 0.0127. The van der Waals surface area contributed by atoms with Gasteiger partial charge in [0.05, 0.1) is 5.52 Å². The molecular weight excluding hydrogens is 422 g/mol. The van der Waals surface area contributed by atoms with Gasteiger partial charge < -0.3 is 14.4 Å². The van der Waals surface area contributed by atoms with Crippen molar-refractivity contribution in [1.29, 1.82) is 0 Å². The number of carbonyl (C=O) groups is 1. The van der Waals surface area contributed by atoms with Crippen LogP contribution in [0.2, 0.25) is 0 Å². The second-order valence-corrected chi connectivity index (χ2v) is 10.0. The van der Waals surface area contributed by atoms with E-state index in [-0.39, 0.29) is 11.5 Å². The lowest BCUT2D eigenvalue weighted by atomic mass is 9.87. The topological polar surface area (TPSA) is 45.6 Å². The van der Waals surface area contributed by atoms with Crippen molar-refractivity contribution in [2.24, 2.45) is 0 Å². The number of piperidine rings is 1. The number of anilines is 1. The molecule has 3 aromatic rings. The van der Waals surface area contributed by atoms with Gasteiger partial charge in [-0.05, 0) is 119 Å². The molecule has 0 saturated carbocycles. The third-order valence-corrected chi connectivity index (χ3v) is 7.89. The number of aromatic nitrogens is 1. The molecule has 1 fully saturated rings. The second kappa shape index (κ2) is 9.38. The van der Waals surface area contributed by atoms with Crippen molar-refractivity contribution in [3.63, 3.8) is 0 Å². The Morgan fingerprint density at radius 2 is 1.74 bits per heavy atom. The average molecular weight is 458 g/mol. The molecule has 0 N–H and O–H groups in total. The van der Waals surface area contributed by atoms with Crippen molar-refractivity contribution in [3.05, 3.63) is 75.1 Å². The zero-order chi connectivity index (χ0) is 23.8. The number of likely N-dealkylation sites (tertiary alicyclic amines) is 1. The van der Waals surface area contributed by atoms with E-state index in [1.54, 1.807) is 4.90 Å². The highest BCUT2D eigenvalue weighted by Gasteiger charge is 2.23. The van der Waals surface area contributed by atoms with Crippen molar-refractivity contribution in [2.75, 3.05) is 32.1 Å². The lowest BCUT2D eigenvalue weighted by Crippen LogP contribution is -2.30. The van der Waals surface area contributed by atoms with Gasteiger partial charge in [-0.15, -0.1) is 0 Å². The van der Waals surface area contributed by atoms with E-state index in [9.17, 15) is 9.59 Å². The van der Waals surface area contributed by atoms with E-state index in [2.05, 4.69) is 30.1 Å². The van der Waals surface area contributed by atoms with Gasteiger partial charge >= 0.3 is 0 Å². The summed E-state index contributed by atoms with van der Waals surface area (Å²) in [6.45, 7) is 4.68. The molecule has 2 aliphatic rings. The fraction of sp³-hybridized carbons (Fsp3) is 0.448. The maximum Gasteiger partial charge on any atom is 0.258 e. The minimum Gasteiger partial charge on any atom is -0.311 e. The molecule has 34 heavy (non-hydrogen) atoms. The molecule has 1 saturated heterocycles. The zero-order valence-corrected chi connectivity index (χ0v) is 20.6. The summed E-state index contributed by atoms with van der Waals surface area (Å²) in [4.78, 5) is 30.6. The fourth-order valence-electron chi connectivity index (χ4n) is 5.77. The molecular formula is C29H35N3O2.